The molecule has 28 heavy (non-hydrogen) atoms. The Morgan fingerprint density at radius 1 is 1.14 bits per heavy atom. The van der Waals surface area contributed by atoms with Gasteiger partial charge in [0.2, 0.25) is 5.91 Å². The van der Waals surface area contributed by atoms with Gasteiger partial charge in [0.25, 0.3) is 5.91 Å². The van der Waals surface area contributed by atoms with E-state index in [1.165, 1.54) is 20.1 Å². The van der Waals surface area contributed by atoms with Crippen LogP contribution in [0.5, 0.6) is 0 Å². The van der Waals surface area contributed by atoms with Crippen LogP contribution in [0, 0.1) is 5.92 Å². The average Bonchev–Trinajstić information content (AvgIpc) is 2.68. The average molecular weight is 390 g/mol. The molecule has 0 spiro atoms. The van der Waals surface area contributed by atoms with E-state index < -0.39 is 36.4 Å². The number of carbonyl (C=O) groups is 4. The van der Waals surface area contributed by atoms with Gasteiger partial charge in [-0.3, -0.25) is 9.59 Å². The first-order valence-electron chi connectivity index (χ1n) is 8.87. The summed E-state index contributed by atoms with van der Waals surface area (Å²) < 4.78 is 9.67. The fourth-order valence-electron chi connectivity index (χ4n) is 2.27. The first-order valence-corrected chi connectivity index (χ1v) is 8.87. The minimum atomic E-state index is -0.868. The summed E-state index contributed by atoms with van der Waals surface area (Å²) >= 11 is 0. The predicted molar refractivity (Wildman–Crippen MR) is 103 cm³/mol. The van der Waals surface area contributed by atoms with Gasteiger partial charge in [-0.25, -0.2) is 9.59 Å². The largest absolute Gasteiger partial charge is 0.467 e. The van der Waals surface area contributed by atoms with Crippen molar-refractivity contribution in [2.75, 3.05) is 13.7 Å². The van der Waals surface area contributed by atoms with Crippen molar-refractivity contribution in [1.82, 2.24) is 10.6 Å². The molecule has 2 atom stereocenters. The van der Waals surface area contributed by atoms with Crippen LogP contribution in [0.2, 0.25) is 0 Å². The third-order valence-corrected chi connectivity index (χ3v) is 3.96. The molecule has 0 bridgehead atoms. The Morgan fingerprint density at radius 3 is 2.32 bits per heavy atom. The van der Waals surface area contributed by atoms with Gasteiger partial charge in [0, 0.05) is 6.92 Å². The molecule has 8 nitrogen and oxygen atoms in total. The van der Waals surface area contributed by atoms with Gasteiger partial charge in [0.15, 0.2) is 6.61 Å². The minimum absolute atomic E-state index is 0.0991. The van der Waals surface area contributed by atoms with Crippen LogP contribution in [-0.4, -0.2) is 43.5 Å². The molecule has 2 amide bonds. The molecule has 0 saturated heterocycles. The summed E-state index contributed by atoms with van der Waals surface area (Å²) in [5.41, 5.74) is 0.577. The van der Waals surface area contributed by atoms with Gasteiger partial charge in [0.05, 0.1) is 7.11 Å². The Hall–Kier alpha value is -3.16. The highest BCUT2D eigenvalue weighted by molar-refractivity contribution is 5.98. The lowest BCUT2D eigenvalue weighted by atomic mass is 9.99. The summed E-state index contributed by atoms with van der Waals surface area (Å²) in [5, 5.41) is 4.89. The van der Waals surface area contributed by atoms with Crippen molar-refractivity contribution in [2.24, 2.45) is 5.92 Å². The van der Waals surface area contributed by atoms with E-state index in [4.69, 9.17) is 9.47 Å². The number of hydrogen-bond acceptors (Lipinski definition) is 6. The number of ether oxygens (including phenoxy) is 2. The Balaban J connectivity index is 2.77. The lowest BCUT2D eigenvalue weighted by Crippen LogP contribution is -2.47. The number of benzene rings is 1. The van der Waals surface area contributed by atoms with Crippen molar-refractivity contribution in [3.8, 4) is 0 Å². The van der Waals surface area contributed by atoms with Crippen LogP contribution in [-0.2, 0) is 28.7 Å². The first-order chi connectivity index (χ1) is 13.3. The SMILES string of the molecule is CC[C@@H](C)[C@H](NC(=O)COC(=O)/C(=C/c1ccccc1)NC(C)=O)C(=O)OC. The van der Waals surface area contributed by atoms with Crippen LogP contribution in [0.1, 0.15) is 32.8 Å². The maximum atomic E-state index is 12.3. The van der Waals surface area contributed by atoms with Gasteiger partial charge in [-0.05, 0) is 17.6 Å². The molecule has 0 radical (unpaired) electrons. The third-order valence-electron chi connectivity index (χ3n) is 3.96. The molecule has 0 fully saturated rings. The molecular formula is C20H26N2O6. The van der Waals surface area contributed by atoms with E-state index in [0.29, 0.717) is 12.0 Å². The molecule has 152 valence electrons. The maximum absolute atomic E-state index is 12.3. The maximum Gasteiger partial charge on any atom is 0.355 e. The van der Waals surface area contributed by atoms with Crippen molar-refractivity contribution in [2.45, 2.75) is 33.2 Å². The second kappa shape index (κ2) is 11.5. The molecule has 0 aliphatic rings. The second-order valence-corrected chi connectivity index (χ2v) is 6.18. The number of methoxy groups -OCH3 is 1. The van der Waals surface area contributed by atoms with E-state index in [1.807, 2.05) is 13.0 Å². The van der Waals surface area contributed by atoms with E-state index in [2.05, 4.69) is 10.6 Å². The molecule has 2 N–H and O–H groups in total. The van der Waals surface area contributed by atoms with Crippen molar-refractivity contribution in [3.05, 3.63) is 41.6 Å². The van der Waals surface area contributed by atoms with Crippen LogP contribution in [0.25, 0.3) is 6.08 Å². The number of carbonyl (C=O) groups excluding carboxylic acids is 4. The van der Waals surface area contributed by atoms with E-state index in [-0.39, 0.29) is 11.6 Å². The molecule has 8 heteroatoms. The van der Waals surface area contributed by atoms with Crippen LogP contribution < -0.4 is 10.6 Å². The lowest BCUT2D eigenvalue weighted by Gasteiger charge is -2.21. The molecule has 0 aliphatic carbocycles. The molecule has 0 aromatic heterocycles. The normalized spacial score (nSPS) is 13.1. The summed E-state index contributed by atoms with van der Waals surface area (Å²) in [7, 11) is 1.23. The topological polar surface area (TPSA) is 111 Å². The molecule has 0 heterocycles. The van der Waals surface area contributed by atoms with Crippen LogP contribution >= 0.6 is 0 Å². The van der Waals surface area contributed by atoms with E-state index in [9.17, 15) is 19.2 Å². The Bertz CT molecular complexity index is 729. The fraction of sp³-hybridized carbons (Fsp3) is 0.400. The predicted octanol–water partition coefficient (Wildman–Crippen LogP) is 1.41. The molecule has 0 saturated carbocycles. The summed E-state index contributed by atoms with van der Waals surface area (Å²) in [5.74, 6) is -2.69. The van der Waals surface area contributed by atoms with Gasteiger partial charge < -0.3 is 20.1 Å². The first kappa shape index (κ1) is 22.9. The quantitative estimate of drug-likeness (QED) is 0.487. The number of nitrogens with one attached hydrogen (secondary N) is 2. The van der Waals surface area contributed by atoms with Gasteiger partial charge in [-0.2, -0.15) is 0 Å². The Morgan fingerprint density at radius 2 is 1.79 bits per heavy atom. The molecule has 1 rings (SSSR count). The Kier molecular flexibility index (Phi) is 9.42. The lowest BCUT2D eigenvalue weighted by molar-refractivity contribution is -0.149. The minimum Gasteiger partial charge on any atom is -0.467 e. The highest BCUT2D eigenvalue weighted by Crippen LogP contribution is 2.10. The monoisotopic (exact) mass is 390 g/mol. The van der Waals surface area contributed by atoms with E-state index in [1.54, 1.807) is 31.2 Å². The van der Waals surface area contributed by atoms with Gasteiger partial charge in [-0.1, -0.05) is 50.6 Å². The Labute approximate surface area is 164 Å². The second-order valence-electron chi connectivity index (χ2n) is 6.18. The number of esters is 2. The molecule has 1 aromatic rings. The third kappa shape index (κ3) is 7.61. The number of hydrogen-bond donors (Lipinski definition) is 2. The van der Waals surface area contributed by atoms with Gasteiger partial charge in [-0.15, -0.1) is 0 Å². The number of rotatable bonds is 9. The van der Waals surface area contributed by atoms with Gasteiger partial charge >= 0.3 is 11.9 Å². The molecule has 1 aromatic carbocycles. The smallest absolute Gasteiger partial charge is 0.355 e. The highest BCUT2D eigenvalue weighted by atomic mass is 16.5. The van der Waals surface area contributed by atoms with Crippen LogP contribution in [0.4, 0.5) is 0 Å². The zero-order chi connectivity index (χ0) is 21.1. The molecule has 0 aliphatic heterocycles. The summed E-state index contributed by atoms with van der Waals surface area (Å²) in [6.07, 6.45) is 2.09. The standard InChI is InChI=1S/C20H26N2O6/c1-5-13(2)18(20(26)27-4)22-17(24)12-28-19(25)16(21-14(3)23)11-15-9-7-6-8-10-15/h6-11,13,18H,5,12H2,1-4H3,(H,21,23)(H,22,24)/b16-11-/t13-,18+/m1/s1. The van der Waals surface area contributed by atoms with Crippen molar-refractivity contribution < 1.29 is 28.7 Å². The highest BCUT2D eigenvalue weighted by Gasteiger charge is 2.27. The fourth-order valence-corrected chi connectivity index (χ4v) is 2.27. The number of amides is 2. The van der Waals surface area contributed by atoms with E-state index >= 15 is 0 Å². The summed E-state index contributed by atoms with van der Waals surface area (Å²) in [6.45, 7) is 4.33. The van der Waals surface area contributed by atoms with Crippen LogP contribution in [0.15, 0.2) is 36.0 Å². The van der Waals surface area contributed by atoms with Crippen molar-refractivity contribution in [3.63, 3.8) is 0 Å². The van der Waals surface area contributed by atoms with Crippen molar-refractivity contribution >= 4 is 29.8 Å². The zero-order valence-corrected chi connectivity index (χ0v) is 16.5. The van der Waals surface area contributed by atoms with Gasteiger partial charge in [0.1, 0.15) is 11.7 Å². The summed E-state index contributed by atoms with van der Waals surface area (Å²) in [6, 6.07) is 8.02. The molecular weight excluding hydrogens is 364 g/mol. The summed E-state index contributed by atoms with van der Waals surface area (Å²) in [4.78, 5) is 47.6. The zero-order valence-electron chi connectivity index (χ0n) is 16.5. The van der Waals surface area contributed by atoms with Crippen molar-refractivity contribution in [1.29, 1.82) is 0 Å². The van der Waals surface area contributed by atoms with E-state index in [0.717, 1.165) is 0 Å². The van der Waals surface area contributed by atoms with Crippen LogP contribution in [0.3, 0.4) is 0 Å². The molecule has 0 unspecified atom stereocenters.